The molecule has 84 valence electrons. The fourth-order valence-electron chi connectivity index (χ4n) is 1.34. The molecular weight excluding hydrogens is 231 g/mol. The van der Waals surface area contributed by atoms with Crippen molar-refractivity contribution < 1.29 is 5.11 Å². The molecule has 0 saturated carbocycles. The van der Waals surface area contributed by atoms with E-state index in [1.165, 1.54) is 0 Å². The first-order chi connectivity index (χ1) is 7.00. The largest absolute Gasteiger partial charge is 0.393 e. The lowest BCUT2D eigenvalue weighted by Gasteiger charge is -2.14. The summed E-state index contributed by atoms with van der Waals surface area (Å²) in [5, 5.41) is 10.8. The van der Waals surface area contributed by atoms with Crippen LogP contribution in [-0.2, 0) is 6.42 Å². The van der Waals surface area contributed by atoms with Gasteiger partial charge in [0.05, 0.1) is 16.1 Å². The molecule has 0 amide bonds. The molecule has 0 aliphatic rings. The maximum atomic E-state index is 9.65. The third-order valence-electron chi connectivity index (χ3n) is 2.48. The highest BCUT2D eigenvalue weighted by Crippen LogP contribution is 2.23. The zero-order chi connectivity index (χ0) is 11.4. The summed E-state index contributed by atoms with van der Waals surface area (Å²) >= 11 is 11.7. The van der Waals surface area contributed by atoms with E-state index in [9.17, 15) is 5.11 Å². The van der Waals surface area contributed by atoms with Gasteiger partial charge in [0, 0.05) is 0 Å². The second-order valence-electron chi connectivity index (χ2n) is 4.10. The van der Waals surface area contributed by atoms with Gasteiger partial charge in [-0.15, -0.1) is 0 Å². The Kier molecular flexibility index (Phi) is 4.91. The number of rotatable bonds is 4. The van der Waals surface area contributed by atoms with E-state index in [0.29, 0.717) is 16.0 Å². The van der Waals surface area contributed by atoms with Crippen LogP contribution < -0.4 is 0 Å². The predicted octanol–water partition coefficient (Wildman–Crippen LogP) is 3.94. The Morgan fingerprint density at radius 1 is 1.20 bits per heavy atom. The van der Waals surface area contributed by atoms with Crippen LogP contribution in [0.5, 0.6) is 0 Å². The zero-order valence-electron chi connectivity index (χ0n) is 9.00. The molecule has 0 spiro atoms. The lowest BCUT2D eigenvalue weighted by atomic mass is 9.99. The monoisotopic (exact) mass is 246 g/mol. The molecule has 1 N–H and O–H groups in total. The molecule has 0 aliphatic carbocycles. The highest BCUT2D eigenvalue weighted by Gasteiger charge is 2.09. The van der Waals surface area contributed by atoms with Crippen molar-refractivity contribution in [3.63, 3.8) is 0 Å². The van der Waals surface area contributed by atoms with Gasteiger partial charge in [0.1, 0.15) is 0 Å². The number of aryl methyl sites for hydroxylation is 1. The van der Waals surface area contributed by atoms with Crippen molar-refractivity contribution in [2.45, 2.75) is 32.8 Å². The van der Waals surface area contributed by atoms with Gasteiger partial charge in [-0.05, 0) is 36.5 Å². The number of halogens is 2. The normalized spacial score (nSPS) is 13.2. The maximum absolute atomic E-state index is 9.65. The van der Waals surface area contributed by atoms with Gasteiger partial charge in [-0.1, -0.05) is 43.1 Å². The van der Waals surface area contributed by atoms with E-state index in [0.717, 1.165) is 18.4 Å². The highest BCUT2D eigenvalue weighted by atomic mass is 35.5. The second kappa shape index (κ2) is 5.74. The smallest absolute Gasteiger partial charge is 0.0595 e. The van der Waals surface area contributed by atoms with E-state index in [2.05, 4.69) is 0 Å². The first-order valence-electron chi connectivity index (χ1n) is 5.12. The molecule has 15 heavy (non-hydrogen) atoms. The molecule has 0 saturated heterocycles. The highest BCUT2D eigenvalue weighted by molar-refractivity contribution is 6.42. The van der Waals surface area contributed by atoms with E-state index in [1.54, 1.807) is 6.07 Å². The Morgan fingerprint density at radius 3 is 2.40 bits per heavy atom. The molecular formula is C12H16Cl2O. The number of aliphatic hydroxyl groups excluding tert-OH is 1. The molecule has 1 unspecified atom stereocenters. The molecule has 1 aromatic rings. The van der Waals surface area contributed by atoms with E-state index in [1.807, 2.05) is 26.0 Å². The van der Waals surface area contributed by atoms with Gasteiger partial charge in [0.15, 0.2) is 0 Å². The fraction of sp³-hybridized carbons (Fsp3) is 0.500. The number of hydrogen-bond acceptors (Lipinski definition) is 1. The second-order valence-corrected chi connectivity index (χ2v) is 4.91. The fourth-order valence-corrected chi connectivity index (χ4v) is 1.66. The Morgan fingerprint density at radius 2 is 1.87 bits per heavy atom. The summed E-state index contributed by atoms with van der Waals surface area (Å²) in [6, 6.07) is 5.60. The number of aliphatic hydroxyl groups is 1. The van der Waals surface area contributed by atoms with Crippen molar-refractivity contribution in [1.29, 1.82) is 0 Å². The Labute approximate surface area is 101 Å². The Balaban J connectivity index is 2.55. The molecule has 1 nitrogen and oxygen atoms in total. The maximum Gasteiger partial charge on any atom is 0.0595 e. The van der Waals surface area contributed by atoms with Crippen LogP contribution >= 0.6 is 23.2 Å². The van der Waals surface area contributed by atoms with E-state index in [4.69, 9.17) is 23.2 Å². The summed E-state index contributed by atoms with van der Waals surface area (Å²) in [6.07, 6.45) is 1.34. The minimum absolute atomic E-state index is 0.251. The van der Waals surface area contributed by atoms with Crippen LogP contribution in [0.3, 0.4) is 0 Å². The molecule has 1 atom stereocenters. The van der Waals surface area contributed by atoms with Gasteiger partial charge in [-0.3, -0.25) is 0 Å². The van der Waals surface area contributed by atoms with Crippen LogP contribution in [0.25, 0.3) is 0 Å². The van der Waals surface area contributed by atoms with Crippen molar-refractivity contribution in [1.82, 2.24) is 0 Å². The van der Waals surface area contributed by atoms with Crippen molar-refractivity contribution in [2.24, 2.45) is 5.92 Å². The van der Waals surface area contributed by atoms with Crippen molar-refractivity contribution in [2.75, 3.05) is 0 Å². The predicted molar refractivity (Wildman–Crippen MR) is 65.6 cm³/mol. The Hall–Kier alpha value is -0.240. The third kappa shape index (κ3) is 4.02. The van der Waals surface area contributed by atoms with Gasteiger partial charge in [-0.25, -0.2) is 0 Å². The average molecular weight is 247 g/mol. The van der Waals surface area contributed by atoms with Crippen molar-refractivity contribution in [3.8, 4) is 0 Å². The van der Waals surface area contributed by atoms with Gasteiger partial charge in [0.2, 0.25) is 0 Å². The third-order valence-corrected chi connectivity index (χ3v) is 3.22. The SMILES string of the molecule is CC(C)C(O)CCc1ccc(Cl)c(Cl)c1. The minimum Gasteiger partial charge on any atom is -0.393 e. The van der Waals surface area contributed by atoms with Crippen LogP contribution in [0.4, 0.5) is 0 Å². The van der Waals surface area contributed by atoms with E-state index in [-0.39, 0.29) is 6.10 Å². The van der Waals surface area contributed by atoms with Gasteiger partial charge in [0.25, 0.3) is 0 Å². The first kappa shape index (κ1) is 12.8. The molecule has 0 aromatic heterocycles. The minimum atomic E-state index is -0.251. The standard InChI is InChI=1S/C12H16Cl2O/c1-8(2)12(15)6-4-9-3-5-10(13)11(14)7-9/h3,5,7-8,12,15H,4,6H2,1-2H3. The van der Waals surface area contributed by atoms with E-state index < -0.39 is 0 Å². The lowest BCUT2D eigenvalue weighted by Crippen LogP contribution is -2.15. The van der Waals surface area contributed by atoms with Crippen LogP contribution in [0.2, 0.25) is 10.0 Å². The Bertz CT molecular complexity index is 323. The molecule has 1 rings (SSSR count). The summed E-state index contributed by atoms with van der Waals surface area (Å²) in [5.74, 6) is 0.299. The summed E-state index contributed by atoms with van der Waals surface area (Å²) in [4.78, 5) is 0. The van der Waals surface area contributed by atoms with E-state index >= 15 is 0 Å². The quantitative estimate of drug-likeness (QED) is 0.854. The van der Waals surface area contributed by atoms with Gasteiger partial charge >= 0.3 is 0 Å². The van der Waals surface area contributed by atoms with Crippen molar-refractivity contribution >= 4 is 23.2 Å². The number of hydrogen-bond donors (Lipinski definition) is 1. The topological polar surface area (TPSA) is 20.2 Å². The molecule has 1 aromatic carbocycles. The van der Waals surface area contributed by atoms with Gasteiger partial charge in [-0.2, -0.15) is 0 Å². The molecule has 0 radical (unpaired) electrons. The van der Waals surface area contributed by atoms with Crippen LogP contribution in [0, 0.1) is 5.92 Å². The van der Waals surface area contributed by atoms with Crippen LogP contribution in [-0.4, -0.2) is 11.2 Å². The summed E-state index contributed by atoms with van der Waals surface area (Å²) in [6.45, 7) is 4.03. The molecule has 0 bridgehead atoms. The number of benzene rings is 1. The summed E-state index contributed by atoms with van der Waals surface area (Å²) in [5.41, 5.74) is 1.11. The van der Waals surface area contributed by atoms with Gasteiger partial charge < -0.3 is 5.11 Å². The molecule has 0 heterocycles. The summed E-state index contributed by atoms with van der Waals surface area (Å²) in [7, 11) is 0. The molecule has 0 aliphatic heterocycles. The zero-order valence-corrected chi connectivity index (χ0v) is 10.5. The van der Waals surface area contributed by atoms with Crippen molar-refractivity contribution in [3.05, 3.63) is 33.8 Å². The summed E-state index contributed by atoms with van der Waals surface area (Å²) < 4.78 is 0. The lowest BCUT2D eigenvalue weighted by molar-refractivity contribution is 0.116. The molecule has 0 fully saturated rings. The van der Waals surface area contributed by atoms with Crippen LogP contribution in [0.15, 0.2) is 18.2 Å². The van der Waals surface area contributed by atoms with Crippen LogP contribution in [0.1, 0.15) is 25.8 Å². The molecule has 3 heteroatoms. The first-order valence-corrected chi connectivity index (χ1v) is 5.88. The average Bonchev–Trinajstić information content (AvgIpc) is 2.19.